The topological polar surface area (TPSA) is 87.6 Å². The number of carbonyl (C=O) groups is 1. The standard InChI is InChI=1S/C5H10N2O3/c1-4(6)5(8)9-2-3-10-7/h1-3,6-7H2. The quantitative estimate of drug-likeness (QED) is 0.227. The first kappa shape index (κ1) is 8.93. The lowest BCUT2D eigenvalue weighted by molar-refractivity contribution is -0.140. The van der Waals surface area contributed by atoms with Crippen molar-refractivity contribution in [1.29, 1.82) is 0 Å². The molecule has 5 nitrogen and oxygen atoms in total. The van der Waals surface area contributed by atoms with Gasteiger partial charge in [0, 0.05) is 0 Å². The van der Waals surface area contributed by atoms with E-state index in [0.29, 0.717) is 0 Å². The molecule has 0 unspecified atom stereocenters. The number of carbonyl (C=O) groups excluding carboxylic acids is 1. The second kappa shape index (κ2) is 4.78. The van der Waals surface area contributed by atoms with Crippen LogP contribution in [0, 0.1) is 0 Å². The van der Waals surface area contributed by atoms with Crippen molar-refractivity contribution in [3.8, 4) is 0 Å². The van der Waals surface area contributed by atoms with Gasteiger partial charge >= 0.3 is 5.97 Å². The smallest absolute Gasteiger partial charge is 0.353 e. The minimum absolute atomic E-state index is 0.0888. The lowest BCUT2D eigenvalue weighted by atomic mass is 10.5. The van der Waals surface area contributed by atoms with Crippen LogP contribution in [0.5, 0.6) is 0 Å². The minimum atomic E-state index is -0.642. The molecule has 0 amide bonds. The van der Waals surface area contributed by atoms with Gasteiger partial charge in [-0.05, 0) is 0 Å². The van der Waals surface area contributed by atoms with Crippen molar-refractivity contribution in [1.82, 2.24) is 0 Å². The van der Waals surface area contributed by atoms with Gasteiger partial charge in [0.2, 0.25) is 0 Å². The Balaban J connectivity index is 3.31. The molecule has 0 aliphatic rings. The molecule has 10 heavy (non-hydrogen) atoms. The lowest BCUT2D eigenvalue weighted by Crippen LogP contribution is -2.17. The van der Waals surface area contributed by atoms with Crippen molar-refractivity contribution in [3.05, 3.63) is 12.3 Å². The molecule has 0 rings (SSSR count). The van der Waals surface area contributed by atoms with Crippen molar-refractivity contribution in [2.24, 2.45) is 11.6 Å². The molecule has 0 fully saturated rings. The Kier molecular flexibility index (Phi) is 4.26. The summed E-state index contributed by atoms with van der Waals surface area (Å²) < 4.78 is 4.48. The van der Waals surface area contributed by atoms with Crippen LogP contribution < -0.4 is 11.6 Å². The molecule has 0 aromatic heterocycles. The predicted molar refractivity (Wildman–Crippen MR) is 34.4 cm³/mol. The van der Waals surface area contributed by atoms with E-state index in [1.54, 1.807) is 0 Å². The number of esters is 1. The highest BCUT2D eigenvalue weighted by Crippen LogP contribution is 1.83. The first-order chi connectivity index (χ1) is 4.68. The van der Waals surface area contributed by atoms with E-state index in [2.05, 4.69) is 22.1 Å². The molecule has 0 aromatic carbocycles. The van der Waals surface area contributed by atoms with Gasteiger partial charge in [-0.15, -0.1) is 0 Å². The fraction of sp³-hybridized carbons (Fsp3) is 0.400. The van der Waals surface area contributed by atoms with Crippen molar-refractivity contribution in [3.63, 3.8) is 0 Å². The van der Waals surface area contributed by atoms with E-state index in [1.807, 2.05) is 0 Å². The third-order valence-electron chi connectivity index (χ3n) is 0.697. The monoisotopic (exact) mass is 146 g/mol. The fourth-order valence-electron chi connectivity index (χ4n) is 0.275. The van der Waals surface area contributed by atoms with E-state index in [1.165, 1.54) is 0 Å². The van der Waals surface area contributed by atoms with Crippen LogP contribution in [0.4, 0.5) is 0 Å². The zero-order chi connectivity index (χ0) is 7.98. The molecule has 0 bridgehead atoms. The van der Waals surface area contributed by atoms with Crippen molar-refractivity contribution < 1.29 is 14.4 Å². The maximum atomic E-state index is 10.5. The Hall–Kier alpha value is -1.07. The summed E-state index contributed by atoms with van der Waals surface area (Å²) in [7, 11) is 0. The molecule has 4 N–H and O–H groups in total. The van der Waals surface area contributed by atoms with Crippen LogP contribution in [-0.4, -0.2) is 19.2 Å². The highest BCUT2D eigenvalue weighted by Gasteiger charge is 2.01. The van der Waals surface area contributed by atoms with Gasteiger partial charge in [-0.25, -0.2) is 10.7 Å². The van der Waals surface area contributed by atoms with E-state index in [-0.39, 0.29) is 18.9 Å². The van der Waals surface area contributed by atoms with Gasteiger partial charge in [-0.1, -0.05) is 6.58 Å². The lowest BCUT2D eigenvalue weighted by Gasteiger charge is -2.01. The summed E-state index contributed by atoms with van der Waals surface area (Å²) >= 11 is 0. The first-order valence-electron chi connectivity index (χ1n) is 2.61. The zero-order valence-corrected chi connectivity index (χ0v) is 5.50. The van der Waals surface area contributed by atoms with Crippen molar-refractivity contribution in [2.75, 3.05) is 13.2 Å². The van der Waals surface area contributed by atoms with E-state index in [0.717, 1.165) is 0 Å². The number of ether oxygens (including phenoxy) is 1. The first-order valence-corrected chi connectivity index (χ1v) is 2.61. The van der Waals surface area contributed by atoms with Gasteiger partial charge in [0.1, 0.15) is 18.9 Å². The van der Waals surface area contributed by atoms with Crippen molar-refractivity contribution >= 4 is 5.97 Å². The number of nitrogens with two attached hydrogens (primary N) is 2. The molecule has 0 atom stereocenters. The van der Waals surface area contributed by atoms with E-state index in [9.17, 15) is 4.79 Å². The van der Waals surface area contributed by atoms with Crippen LogP contribution in [0.25, 0.3) is 0 Å². The normalized spacial score (nSPS) is 8.90. The molecule has 0 saturated carbocycles. The maximum absolute atomic E-state index is 10.5. The fourth-order valence-corrected chi connectivity index (χ4v) is 0.275. The average Bonchev–Trinajstić information content (AvgIpc) is 1.88. The Morgan fingerprint density at radius 1 is 1.50 bits per heavy atom. The summed E-state index contributed by atoms with van der Waals surface area (Å²) in [6, 6.07) is 0. The van der Waals surface area contributed by atoms with Crippen LogP contribution in [0.1, 0.15) is 0 Å². The van der Waals surface area contributed by atoms with Crippen LogP contribution >= 0.6 is 0 Å². The summed E-state index contributed by atoms with van der Waals surface area (Å²) in [6.45, 7) is 3.41. The Morgan fingerprint density at radius 3 is 2.50 bits per heavy atom. The minimum Gasteiger partial charge on any atom is -0.459 e. The summed E-state index contributed by atoms with van der Waals surface area (Å²) in [5.74, 6) is 4.00. The second-order valence-corrected chi connectivity index (χ2v) is 1.53. The van der Waals surface area contributed by atoms with Gasteiger partial charge in [0.05, 0.1) is 0 Å². The van der Waals surface area contributed by atoms with E-state index in [4.69, 9.17) is 5.73 Å². The predicted octanol–water partition coefficient (Wildman–Crippen LogP) is -1.11. The molecule has 0 spiro atoms. The molecule has 0 heterocycles. The summed E-state index contributed by atoms with van der Waals surface area (Å²) in [5, 5.41) is 0. The SMILES string of the molecule is C=C(N)C(=O)OCCON. The highest BCUT2D eigenvalue weighted by atomic mass is 16.6. The van der Waals surface area contributed by atoms with E-state index < -0.39 is 5.97 Å². The molecule has 0 aliphatic heterocycles. The van der Waals surface area contributed by atoms with Gasteiger partial charge in [0.25, 0.3) is 0 Å². The Bertz CT molecular complexity index is 135. The molecule has 0 saturated heterocycles. The number of rotatable bonds is 4. The molecule has 0 radical (unpaired) electrons. The molecule has 0 aromatic rings. The average molecular weight is 146 g/mol. The van der Waals surface area contributed by atoms with E-state index >= 15 is 0 Å². The van der Waals surface area contributed by atoms with Crippen LogP contribution in [0.2, 0.25) is 0 Å². The number of hydrogen-bond acceptors (Lipinski definition) is 5. The highest BCUT2D eigenvalue weighted by molar-refractivity contribution is 5.86. The maximum Gasteiger partial charge on any atom is 0.353 e. The Morgan fingerprint density at radius 2 is 2.10 bits per heavy atom. The summed E-state index contributed by atoms with van der Waals surface area (Å²) in [6.07, 6.45) is 0. The van der Waals surface area contributed by atoms with Gasteiger partial charge < -0.3 is 15.3 Å². The summed E-state index contributed by atoms with van der Waals surface area (Å²) in [4.78, 5) is 14.6. The molecule has 58 valence electrons. The Labute approximate surface area is 58.5 Å². The van der Waals surface area contributed by atoms with Crippen LogP contribution in [0.3, 0.4) is 0 Å². The third kappa shape index (κ3) is 3.88. The van der Waals surface area contributed by atoms with Crippen LogP contribution in [0.15, 0.2) is 12.3 Å². The second-order valence-electron chi connectivity index (χ2n) is 1.53. The van der Waals surface area contributed by atoms with Gasteiger partial charge in [0.15, 0.2) is 0 Å². The molecule has 5 heteroatoms. The summed E-state index contributed by atoms with van der Waals surface area (Å²) in [5.41, 5.74) is 4.85. The molecule has 0 aliphatic carbocycles. The van der Waals surface area contributed by atoms with Gasteiger partial charge in [-0.2, -0.15) is 0 Å². The van der Waals surface area contributed by atoms with Gasteiger partial charge in [-0.3, -0.25) is 0 Å². The molecular weight excluding hydrogens is 136 g/mol. The largest absolute Gasteiger partial charge is 0.459 e. The number of hydrogen-bond donors (Lipinski definition) is 2. The zero-order valence-electron chi connectivity index (χ0n) is 5.50. The molecular formula is C5H10N2O3. The third-order valence-corrected chi connectivity index (χ3v) is 0.697. The van der Waals surface area contributed by atoms with Crippen LogP contribution in [-0.2, 0) is 14.4 Å². The van der Waals surface area contributed by atoms with Crippen molar-refractivity contribution in [2.45, 2.75) is 0 Å².